The molecule has 116 valence electrons. The van der Waals surface area contributed by atoms with Crippen LogP contribution in [0.4, 0.5) is 5.88 Å². The molecule has 0 spiro atoms. The van der Waals surface area contributed by atoms with Gasteiger partial charge in [-0.25, -0.2) is 4.98 Å². The van der Waals surface area contributed by atoms with Crippen molar-refractivity contribution < 1.29 is 9.34 Å². The van der Waals surface area contributed by atoms with Crippen LogP contribution < -0.4 is 0 Å². The molecule has 0 amide bonds. The smallest absolute Gasteiger partial charge is 0.401 e. The molecule has 0 aliphatic carbocycles. The van der Waals surface area contributed by atoms with Gasteiger partial charge in [0, 0.05) is 18.9 Å². The Morgan fingerprint density at radius 3 is 2.70 bits per heavy atom. The molecule has 0 fully saturated rings. The highest BCUT2D eigenvalue weighted by molar-refractivity contribution is 5.71. The fourth-order valence-electron chi connectivity index (χ4n) is 2.30. The van der Waals surface area contributed by atoms with Gasteiger partial charge in [0.05, 0.1) is 11.6 Å². The Bertz CT molecular complexity index is 859. The van der Waals surface area contributed by atoms with Crippen LogP contribution in [0, 0.1) is 17.0 Å². The number of imidazole rings is 1. The summed E-state index contributed by atoms with van der Waals surface area (Å²) in [6.45, 7) is 6.63. The Balaban J connectivity index is 1.86. The first kappa shape index (κ1) is 14.8. The Kier molecular flexibility index (Phi) is 3.80. The van der Waals surface area contributed by atoms with Gasteiger partial charge in [0.25, 0.3) is 0 Å². The second-order valence-corrected chi connectivity index (χ2v) is 5.24. The fraction of sp³-hybridized carbons (Fsp3) is 0.118. The molecule has 3 rings (SSSR count). The van der Waals surface area contributed by atoms with E-state index in [9.17, 15) is 10.1 Å². The van der Waals surface area contributed by atoms with Crippen molar-refractivity contribution >= 4 is 11.5 Å². The molecule has 23 heavy (non-hydrogen) atoms. The second-order valence-electron chi connectivity index (χ2n) is 5.24. The van der Waals surface area contributed by atoms with Gasteiger partial charge in [-0.1, -0.05) is 36.4 Å². The zero-order valence-corrected chi connectivity index (χ0v) is 12.6. The molecule has 0 radical (unpaired) electrons. The van der Waals surface area contributed by atoms with Gasteiger partial charge in [-0.3, -0.25) is 10.1 Å². The third-order valence-electron chi connectivity index (χ3n) is 3.53. The molecule has 6 heteroatoms. The fourth-order valence-corrected chi connectivity index (χ4v) is 2.30. The van der Waals surface area contributed by atoms with Crippen LogP contribution in [0.2, 0.25) is 0 Å². The van der Waals surface area contributed by atoms with Crippen LogP contribution in [0.1, 0.15) is 22.7 Å². The number of nitrogens with zero attached hydrogens (tertiary/aromatic N) is 3. The van der Waals surface area contributed by atoms with E-state index in [4.69, 9.17) is 4.42 Å². The maximum atomic E-state index is 10.7. The van der Waals surface area contributed by atoms with Crippen LogP contribution in [0.3, 0.4) is 0 Å². The first-order valence-electron chi connectivity index (χ1n) is 7.05. The summed E-state index contributed by atoms with van der Waals surface area (Å²) < 4.78 is 7.13. The van der Waals surface area contributed by atoms with Crippen LogP contribution in [-0.4, -0.2) is 14.5 Å². The molecule has 0 aliphatic heterocycles. The predicted molar refractivity (Wildman–Crippen MR) is 86.0 cm³/mol. The van der Waals surface area contributed by atoms with Crippen molar-refractivity contribution in [1.82, 2.24) is 9.55 Å². The van der Waals surface area contributed by atoms with Crippen molar-refractivity contribution in [1.29, 1.82) is 0 Å². The van der Waals surface area contributed by atoms with Crippen LogP contribution in [0.25, 0.3) is 5.57 Å². The molecule has 1 aromatic carbocycles. The minimum atomic E-state index is -0.574. The van der Waals surface area contributed by atoms with Crippen LogP contribution >= 0.6 is 0 Å². The largest absolute Gasteiger partial charge is 0.433 e. The van der Waals surface area contributed by atoms with E-state index in [0.717, 1.165) is 5.56 Å². The van der Waals surface area contributed by atoms with E-state index in [-0.39, 0.29) is 5.88 Å². The van der Waals surface area contributed by atoms with Gasteiger partial charge in [-0.05, 0) is 18.6 Å². The number of rotatable bonds is 5. The van der Waals surface area contributed by atoms with Crippen molar-refractivity contribution in [3.8, 4) is 0 Å². The normalized spacial score (nSPS) is 10.7. The number of hydrogen-bond acceptors (Lipinski definition) is 4. The monoisotopic (exact) mass is 309 g/mol. The summed E-state index contributed by atoms with van der Waals surface area (Å²) in [6.07, 6.45) is 3.52. The van der Waals surface area contributed by atoms with Gasteiger partial charge in [-0.15, -0.1) is 0 Å². The maximum absolute atomic E-state index is 10.7. The summed E-state index contributed by atoms with van der Waals surface area (Å²) >= 11 is 0. The SMILES string of the molecule is C=C(c1ccc([N+](=O)[O-])o1)c1nccn1Cc1ccc(C)cc1. The number of aryl methyl sites for hydroxylation is 1. The van der Waals surface area contributed by atoms with E-state index in [2.05, 4.69) is 35.8 Å². The molecule has 2 aromatic heterocycles. The lowest BCUT2D eigenvalue weighted by molar-refractivity contribution is -0.402. The van der Waals surface area contributed by atoms with E-state index in [0.29, 0.717) is 23.7 Å². The molecule has 0 aliphatic rings. The van der Waals surface area contributed by atoms with E-state index in [1.54, 1.807) is 6.20 Å². The summed E-state index contributed by atoms with van der Waals surface area (Å²) in [7, 11) is 0. The van der Waals surface area contributed by atoms with E-state index in [1.807, 2.05) is 17.7 Å². The standard InChI is InChI=1S/C17H15N3O3/c1-12-3-5-14(6-4-12)11-19-10-9-18-17(19)13(2)15-7-8-16(23-15)20(21)22/h3-10H,2,11H2,1H3. The van der Waals surface area contributed by atoms with Gasteiger partial charge >= 0.3 is 5.88 Å². The van der Waals surface area contributed by atoms with Crippen LogP contribution in [-0.2, 0) is 6.54 Å². The molecule has 0 saturated carbocycles. The van der Waals surface area contributed by atoms with Crippen molar-refractivity contribution in [2.24, 2.45) is 0 Å². The van der Waals surface area contributed by atoms with E-state index >= 15 is 0 Å². The Hall–Kier alpha value is -3.15. The van der Waals surface area contributed by atoms with Crippen molar-refractivity contribution in [3.05, 3.63) is 88.2 Å². The average molecular weight is 309 g/mol. The summed E-state index contributed by atoms with van der Waals surface area (Å²) in [5.41, 5.74) is 2.84. The lowest BCUT2D eigenvalue weighted by Gasteiger charge is -2.09. The topological polar surface area (TPSA) is 74.1 Å². The number of benzene rings is 1. The van der Waals surface area contributed by atoms with Gasteiger partial charge in [0.1, 0.15) is 16.5 Å². The molecule has 0 saturated heterocycles. The molecule has 3 aromatic rings. The average Bonchev–Trinajstić information content (AvgIpc) is 3.18. The van der Waals surface area contributed by atoms with Crippen molar-refractivity contribution in [3.63, 3.8) is 0 Å². The summed E-state index contributed by atoms with van der Waals surface area (Å²) in [5, 5.41) is 10.7. The minimum absolute atomic E-state index is 0.308. The Morgan fingerprint density at radius 2 is 2.04 bits per heavy atom. The minimum Gasteiger partial charge on any atom is -0.401 e. The lowest BCUT2D eigenvalue weighted by atomic mass is 10.1. The lowest BCUT2D eigenvalue weighted by Crippen LogP contribution is -2.04. The molecular weight excluding hydrogens is 294 g/mol. The maximum Gasteiger partial charge on any atom is 0.433 e. The third kappa shape index (κ3) is 3.06. The van der Waals surface area contributed by atoms with E-state index < -0.39 is 4.92 Å². The van der Waals surface area contributed by atoms with Crippen LogP contribution in [0.15, 0.2) is 59.8 Å². The van der Waals surface area contributed by atoms with Gasteiger partial charge in [-0.2, -0.15) is 0 Å². The molecular formula is C17H15N3O3. The van der Waals surface area contributed by atoms with Crippen molar-refractivity contribution in [2.75, 3.05) is 0 Å². The first-order chi connectivity index (χ1) is 11.0. The highest BCUT2D eigenvalue weighted by Crippen LogP contribution is 2.26. The Morgan fingerprint density at radius 1 is 1.30 bits per heavy atom. The second kappa shape index (κ2) is 5.92. The Labute approximate surface area is 132 Å². The van der Waals surface area contributed by atoms with Gasteiger partial charge in [0.15, 0.2) is 0 Å². The molecule has 0 N–H and O–H groups in total. The molecule has 0 unspecified atom stereocenters. The number of hydrogen-bond donors (Lipinski definition) is 0. The van der Waals surface area contributed by atoms with Crippen molar-refractivity contribution in [2.45, 2.75) is 13.5 Å². The summed E-state index contributed by atoms with van der Waals surface area (Å²) in [5.74, 6) is 0.653. The third-order valence-corrected chi connectivity index (χ3v) is 3.53. The summed E-state index contributed by atoms with van der Waals surface area (Å²) in [6, 6.07) is 11.1. The molecule has 6 nitrogen and oxygen atoms in total. The quantitative estimate of drug-likeness (QED) is 0.530. The highest BCUT2D eigenvalue weighted by atomic mass is 16.6. The van der Waals surface area contributed by atoms with Crippen LogP contribution in [0.5, 0.6) is 0 Å². The molecule has 0 atom stereocenters. The molecule has 0 bridgehead atoms. The number of nitro groups is 1. The number of aromatic nitrogens is 2. The van der Waals surface area contributed by atoms with Gasteiger partial charge in [0.2, 0.25) is 0 Å². The first-order valence-corrected chi connectivity index (χ1v) is 7.05. The highest BCUT2D eigenvalue weighted by Gasteiger charge is 2.17. The zero-order chi connectivity index (χ0) is 16.4. The van der Waals surface area contributed by atoms with E-state index in [1.165, 1.54) is 17.7 Å². The summed E-state index contributed by atoms with van der Waals surface area (Å²) in [4.78, 5) is 14.4. The number of furan rings is 1. The predicted octanol–water partition coefficient (Wildman–Crippen LogP) is 3.80. The van der Waals surface area contributed by atoms with Gasteiger partial charge < -0.3 is 8.98 Å². The molecule has 2 heterocycles. The zero-order valence-electron chi connectivity index (χ0n) is 12.6.